The van der Waals surface area contributed by atoms with E-state index in [-0.39, 0.29) is 5.91 Å². The minimum absolute atomic E-state index is 0.0254. The monoisotopic (exact) mass is 265 g/mol. The van der Waals surface area contributed by atoms with E-state index in [2.05, 4.69) is 4.98 Å². The fourth-order valence-electron chi connectivity index (χ4n) is 2.80. The molecular formula is C13H19N3O3. The second-order valence-corrected chi connectivity index (χ2v) is 4.89. The molecule has 1 saturated heterocycles. The molecule has 1 N–H and O–H groups in total. The van der Waals surface area contributed by atoms with E-state index in [0.29, 0.717) is 25.8 Å². The Balaban J connectivity index is 2.47. The first-order valence-electron chi connectivity index (χ1n) is 6.54. The van der Waals surface area contributed by atoms with E-state index in [1.54, 1.807) is 22.0 Å². The van der Waals surface area contributed by atoms with Gasteiger partial charge in [0, 0.05) is 20.0 Å². The second kappa shape index (κ2) is 5.42. The number of carbonyl (C=O) groups is 2. The number of nitrogens with zero attached hydrogens (tertiary/aromatic N) is 3. The number of carbonyl (C=O) groups excluding carboxylic acids is 1. The highest BCUT2D eigenvalue weighted by Crippen LogP contribution is 2.35. The Labute approximate surface area is 112 Å². The Bertz CT molecular complexity index is 481. The molecule has 1 aliphatic rings. The van der Waals surface area contributed by atoms with Crippen LogP contribution in [-0.2, 0) is 16.6 Å². The van der Waals surface area contributed by atoms with E-state index >= 15 is 0 Å². The van der Waals surface area contributed by atoms with Crippen molar-refractivity contribution in [3.05, 3.63) is 18.2 Å². The van der Waals surface area contributed by atoms with Crippen LogP contribution in [0.1, 0.15) is 37.9 Å². The molecule has 0 aromatic carbocycles. The van der Waals surface area contributed by atoms with E-state index in [9.17, 15) is 14.7 Å². The third-order valence-electron chi connectivity index (χ3n) is 3.76. The molecule has 2 rings (SSSR count). The van der Waals surface area contributed by atoms with Gasteiger partial charge in [0.15, 0.2) is 0 Å². The lowest BCUT2D eigenvalue weighted by Crippen LogP contribution is -2.39. The minimum atomic E-state index is -0.848. The SMILES string of the molecule is CCN1C(=O)CCCC(C(=O)O)C1c1cncn1C. The maximum atomic E-state index is 12.1. The number of rotatable bonds is 3. The molecule has 2 unspecified atom stereocenters. The third-order valence-corrected chi connectivity index (χ3v) is 3.76. The molecule has 6 heteroatoms. The zero-order valence-corrected chi connectivity index (χ0v) is 11.2. The summed E-state index contributed by atoms with van der Waals surface area (Å²) in [7, 11) is 1.82. The maximum absolute atomic E-state index is 12.1. The molecule has 0 aliphatic carbocycles. The van der Waals surface area contributed by atoms with Gasteiger partial charge >= 0.3 is 5.97 Å². The fraction of sp³-hybridized carbons (Fsp3) is 0.615. The molecule has 2 atom stereocenters. The lowest BCUT2D eigenvalue weighted by Gasteiger charge is -2.32. The molecule has 0 saturated carbocycles. The first-order valence-corrected chi connectivity index (χ1v) is 6.54. The van der Waals surface area contributed by atoms with E-state index < -0.39 is 17.9 Å². The Morgan fingerprint density at radius 2 is 2.32 bits per heavy atom. The molecule has 2 heterocycles. The van der Waals surface area contributed by atoms with Crippen LogP contribution >= 0.6 is 0 Å². The van der Waals surface area contributed by atoms with Gasteiger partial charge in [-0.15, -0.1) is 0 Å². The molecule has 104 valence electrons. The number of hydrogen-bond acceptors (Lipinski definition) is 3. The van der Waals surface area contributed by atoms with Crippen LogP contribution < -0.4 is 0 Å². The number of likely N-dealkylation sites (tertiary alicyclic amines) is 1. The normalized spacial score (nSPS) is 24.3. The van der Waals surface area contributed by atoms with Crippen LogP contribution in [-0.4, -0.2) is 38.0 Å². The summed E-state index contributed by atoms with van der Waals surface area (Å²) in [6.45, 7) is 2.39. The van der Waals surface area contributed by atoms with Crippen molar-refractivity contribution in [3.8, 4) is 0 Å². The molecule has 1 aromatic rings. The lowest BCUT2D eigenvalue weighted by molar-refractivity contribution is -0.146. The molecule has 0 radical (unpaired) electrons. The van der Waals surface area contributed by atoms with Crippen LogP contribution in [0.25, 0.3) is 0 Å². The van der Waals surface area contributed by atoms with E-state index in [1.807, 2.05) is 14.0 Å². The van der Waals surface area contributed by atoms with Crippen molar-refractivity contribution in [2.45, 2.75) is 32.2 Å². The van der Waals surface area contributed by atoms with Crippen LogP contribution in [0.2, 0.25) is 0 Å². The average Bonchev–Trinajstić information content (AvgIpc) is 2.69. The van der Waals surface area contributed by atoms with Crippen LogP contribution in [0, 0.1) is 5.92 Å². The molecule has 0 bridgehead atoms. The van der Waals surface area contributed by atoms with Crippen LogP contribution in [0.15, 0.2) is 12.5 Å². The first-order chi connectivity index (χ1) is 9.06. The highest BCUT2D eigenvalue weighted by molar-refractivity contribution is 5.79. The van der Waals surface area contributed by atoms with Crippen molar-refractivity contribution in [2.75, 3.05) is 6.54 Å². The number of aromatic nitrogens is 2. The van der Waals surface area contributed by atoms with Crippen molar-refractivity contribution < 1.29 is 14.7 Å². The van der Waals surface area contributed by atoms with Gasteiger partial charge in [-0.05, 0) is 19.8 Å². The van der Waals surface area contributed by atoms with Gasteiger partial charge < -0.3 is 14.6 Å². The molecule has 19 heavy (non-hydrogen) atoms. The predicted octanol–water partition coefficient (Wildman–Crippen LogP) is 1.19. The van der Waals surface area contributed by atoms with Gasteiger partial charge in [0.05, 0.1) is 30.2 Å². The van der Waals surface area contributed by atoms with Gasteiger partial charge in [0.25, 0.3) is 0 Å². The summed E-state index contributed by atoms with van der Waals surface area (Å²) in [6, 6.07) is -0.426. The third kappa shape index (κ3) is 2.47. The predicted molar refractivity (Wildman–Crippen MR) is 68.3 cm³/mol. The number of imidazole rings is 1. The highest BCUT2D eigenvalue weighted by atomic mass is 16.4. The van der Waals surface area contributed by atoms with Gasteiger partial charge in [-0.1, -0.05) is 0 Å². The highest BCUT2D eigenvalue weighted by Gasteiger charge is 2.39. The summed E-state index contributed by atoms with van der Waals surface area (Å²) in [5.41, 5.74) is 0.782. The molecule has 1 aromatic heterocycles. The summed E-state index contributed by atoms with van der Waals surface area (Å²) in [5, 5.41) is 9.46. The van der Waals surface area contributed by atoms with Gasteiger partial charge in [-0.25, -0.2) is 4.98 Å². The van der Waals surface area contributed by atoms with Crippen molar-refractivity contribution >= 4 is 11.9 Å². The molecular weight excluding hydrogens is 246 g/mol. The van der Waals surface area contributed by atoms with Crippen LogP contribution in [0.4, 0.5) is 0 Å². The Morgan fingerprint density at radius 3 is 2.84 bits per heavy atom. The topological polar surface area (TPSA) is 75.4 Å². The number of carboxylic acid groups (broad SMARTS) is 1. The molecule has 1 aliphatic heterocycles. The lowest BCUT2D eigenvalue weighted by atomic mass is 9.92. The molecule has 1 fully saturated rings. The number of carboxylic acids is 1. The smallest absolute Gasteiger partial charge is 0.309 e. The quantitative estimate of drug-likeness (QED) is 0.890. The number of aryl methyl sites for hydroxylation is 1. The van der Waals surface area contributed by atoms with E-state index in [0.717, 1.165) is 5.69 Å². The zero-order chi connectivity index (χ0) is 14.0. The van der Waals surface area contributed by atoms with E-state index in [4.69, 9.17) is 0 Å². The Kier molecular flexibility index (Phi) is 3.87. The van der Waals surface area contributed by atoms with Crippen LogP contribution in [0.3, 0.4) is 0 Å². The summed E-state index contributed by atoms with van der Waals surface area (Å²) in [6.07, 6.45) is 4.86. The largest absolute Gasteiger partial charge is 0.481 e. The van der Waals surface area contributed by atoms with Crippen molar-refractivity contribution in [3.63, 3.8) is 0 Å². The molecule has 6 nitrogen and oxygen atoms in total. The van der Waals surface area contributed by atoms with Crippen molar-refractivity contribution in [1.29, 1.82) is 0 Å². The van der Waals surface area contributed by atoms with Gasteiger partial charge in [0.2, 0.25) is 5.91 Å². The van der Waals surface area contributed by atoms with Crippen molar-refractivity contribution in [2.24, 2.45) is 13.0 Å². The first kappa shape index (κ1) is 13.6. The average molecular weight is 265 g/mol. The van der Waals surface area contributed by atoms with E-state index in [1.165, 1.54) is 0 Å². The van der Waals surface area contributed by atoms with Crippen molar-refractivity contribution in [1.82, 2.24) is 14.5 Å². The number of hydrogen-bond donors (Lipinski definition) is 1. The summed E-state index contributed by atoms with van der Waals surface area (Å²) in [5.74, 6) is -1.39. The standard InChI is InChI=1S/C13H19N3O3/c1-3-16-11(17)6-4-5-9(13(18)19)12(16)10-7-14-8-15(10)2/h7-9,12H,3-6H2,1-2H3,(H,18,19). The zero-order valence-electron chi connectivity index (χ0n) is 11.2. The second-order valence-electron chi connectivity index (χ2n) is 4.89. The summed E-state index contributed by atoms with van der Waals surface area (Å²) >= 11 is 0. The number of amides is 1. The minimum Gasteiger partial charge on any atom is -0.481 e. The van der Waals surface area contributed by atoms with Gasteiger partial charge in [-0.3, -0.25) is 9.59 Å². The fourth-order valence-corrected chi connectivity index (χ4v) is 2.80. The Morgan fingerprint density at radius 1 is 1.58 bits per heavy atom. The molecule has 1 amide bonds. The van der Waals surface area contributed by atoms with Gasteiger partial charge in [-0.2, -0.15) is 0 Å². The van der Waals surface area contributed by atoms with Gasteiger partial charge in [0.1, 0.15) is 0 Å². The number of aliphatic carboxylic acids is 1. The van der Waals surface area contributed by atoms with Crippen LogP contribution in [0.5, 0.6) is 0 Å². The Hall–Kier alpha value is -1.85. The maximum Gasteiger partial charge on any atom is 0.309 e. The summed E-state index contributed by atoms with van der Waals surface area (Å²) < 4.78 is 1.79. The summed E-state index contributed by atoms with van der Waals surface area (Å²) in [4.78, 5) is 29.4. The molecule has 0 spiro atoms.